The molecule has 1 aliphatic carbocycles. The number of nitrogens with zero attached hydrogens (tertiary/aromatic N) is 5. The van der Waals surface area contributed by atoms with E-state index >= 15 is 0 Å². The number of rotatable bonds is 5. The Kier molecular flexibility index (Phi) is 5.10. The van der Waals surface area contributed by atoms with Gasteiger partial charge in [-0.3, -0.25) is 24.0 Å². The number of carbonyl (C=O) groups is 3. The highest BCUT2D eigenvalue weighted by Crippen LogP contribution is 2.48. The zero-order chi connectivity index (χ0) is 24.2. The fraction of sp³-hybridized carbons (Fsp3) is 0.364. The van der Waals surface area contributed by atoms with Crippen LogP contribution >= 0.6 is 0 Å². The van der Waals surface area contributed by atoms with E-state index in [1.165, 1.54) is 16.5 Å². The maximum atomic E-state index is 13.3. The molecule has 176 valence electrons. The van der Waals surface area contributed by atoms with Crippen LogP contribution in [0.4, 0.5) is 19.0 Å². The number of ketones is 1. The molecule has 2 amide bonds. The molecule has 1 aromatic carbocycles. The highest BCUT2D eigenvalue weighted by Gasteiger charge is 2.56. The lowest BCUT2D eigenvalue weighted by Gasteiger charge is -2.26. The molecule has 9 nitrogen and oxygen atoms in total. The van der Waals surface area contributed by atoms with Crippen LogP contribution in [0, 0.1) is 5.92 Å². The second-order valence-electron chi connectivity index (χ2n) is 8.47. The van der Waals surface area contributed by atoms with E-state index in [-0.39, 0.29) is 41.7 Å². The van der Waals surface area contributed by atoms with Gasteiger partial charge in [-0.05, 0) is 24.8 Å². The number of amides is 2. The third-order valence-corrected chi connectivity index (χ3v) is 6.15. The van der Waals surface area contributed by atoms with Crippen molar-refractivity contribution in [3.8, 4) is 0 Å². The zero-order valence-electron chi connectivity index (χ0n) is 17.9. The molecule has 3 aromatic rings. The molecule has 2 fully saturated rings. The second-order valence-corrected chi connectivity index (χ2v) is 8.47. The van der Waals surface area contributed by atoms with Crippen LogP contribution in [0.1, 0.15) is 35.9 Å². The molecular formula is C22H19F3N6O3. The number of aromatic nitrogens is 4. The summed E-state index contributed by atoms with van der Waals surface area (Å²) in [6.45, 7) is 1.22. The molecule has 0 bridgehead atoms. The van der Waals surface area contributed by atoms with E-state index in [0.717, 1.165) is 12.6 Å². The second kappa shape index (κ2) is 7.89. The van der Waals surface area contributed by atoms with Crippen LogP contribution in [0.2, 0.25) is 0 Å². The van der Waals surface area contributed by atoms with Crippen LogP contribution in [-0.2, 0) is 22.3 Å². The number of hydrogen-bond acceptors (Lipinski definition) is 6. The van der Waals surface area contributed by atoms with Crippen molar-refractivity contribution in [2.45, 2.75) is 44.6 Å². The molecule has 0 radical (unpaired) electrons. The van der Waals surface area contributed by atoms with Gasteiger partial charge in [-0.15, -0.1) is 0 Å². The fourth-order valence-electron chi connectivity index (χ4n) is 4.54. The first-order valence-corrected chi connectivity index (χ1v) is 10.6. The number of fused-ring (bicyclic) bond motifs is 2. The topological polar surface area (TPSA) is 110 Å². The maximum Gasteiger partial charge on any atom is 0.434 e. The molecule has 12 heteroatoms. The lowest BCUT2D eigenvalue weighted by atomic mass is 10.1. The summed E-state index contributed by atoms with van der Waals surface area (Å²) in [6, 6.07) is 6.09. The molecular weight excluding hydrogens is 453 g/mol. The van der Waals surface area contributed by atoms with Gasteiger partial charge >= 0.3 is 6.18 Å². The van der Waals surface area contributed by atoms with E-state index in [2.05, 4.69) is 20.4 Å². The van der Waals surface area contributed by atoms with Gasteiger partial charge in [-0.25, -0.2) is 4.98 Å². The molecule has 5 rings (SSSR count). The number of halogens is 3. The van der Waals surface area contributed by atoms with Crippen molar-refractivity contribution in [3.05, 3.63) is 48.0 Å². The standard InChI is InChI=1S/C22H19F3N6O3/c1-11(32)20-13-4-2-3-5-14(13)30(29-20)10-19(33)31-15-6-12(15)7-16(31)21(34)28-18-9-26-8-17(27-18)22(23,24)25/h2-5,8-9,12,15-16H,6-7,10H2,1H3,(H,27,28,34)/t12-,15-,16+/m1/s1. The number of para-hydroxylation sites is 1. The molecule has 0 spiro atoms. The van der Waals surface area contributed by atoms with E-state index < -0.39 is 23.8 Å². The monoisotopic (exact) mass is 472 g/mol. The largest absolute Gasteiger partial charge is 0.434 e. The molecule has 1 saturated heterocycles. The quantitative estimate of drug-likeness (QED) is 0.572. The van der Waals surface area contributed by atoms with E-state index in [1.54, 1.807) is 24.3 Å². The van der Waals surface area contributed by atoms with Crippen molar-refractivity contribution in [1.82, 2.24) is 24.6 Å². The minimum absolute atomic E-state index is 0.107. The molecule has 1 N–H and O–H groups in total. The molecule has 3 atom stereocenters. The SMILES string of the molecule is CC(=O)c1nn(CC(=O)N2[C@@H]3C[C@@H]3C[C@H]2C(=O)Nc2cncc(C(F)(F)F)n2)c2ccccc12. The normalized spacial score (nSPS) is 21.4. The van der Waals surface area contributed by atoms with Gasteiger partial charge in [-0.2, -0.15) is 18.3 Å². The Balaban J connectivity index is 1.36. The van der Waals surface area contributed by atoms with Crippen LogP contribution in [0.3, 0.4) is 0 Å². The van der Waals surface area contributed by atoms with Crippen molar-refractivity contribution in [1.29, 1.82) is 0 Å². The van der Waals surface area contributed by atoms with Crippen molar-refractivity contribution in [3.63, 3.8) is 0 Å². The van der Waals surface area contributed by atoms with Gasteiger partial charge in [0.1, 0.15) is 18.3 Å². The summed E-state index contributed by atoms with van der Waals surface area (Å²) in [5, 5.41) is 7.30. The number of alkyl halides is 3. The van der Waals surface area contributed by atoms with E-state index in [9.17, 15) is 27.6 Å². The lowest BCUT2D eigenvalue weighted by Crippen LogP contribution is -2.46. The fourth-order valence-corrected chi connectivity index (χ4v) is 4.54. The molecule has 2 aliphatic rings. The summed E-state index contributed by atoms with van der Waals surface area (Å²) >= 11 is 0. The number of likely N-dealkylation sites (tertiary alicyclic amines) is 1. The Bertz CT molecular complexity index is 1320. The molecule has 1 aliphatic heterocycles. The Morgan fingerprint density at radius 3 is 2.65 bits per heavy atom. The molecule has 3 heterocycles. The van der Waals surface area contributed by atoms with Gasteiger partial charge in [0.2, 0.25) is 11.8 Å². The van der Waals surface area contributed by atoms with Gasteiger partial charge in [0.25, 0.3) is 0 Å². The van der Waals surface area contributed by atoms with Gasteiger partial charge in [0, 0.05) is 18.4 Å². The van der Waals surface area contributed by atoms with Gasteiger partial charge in [0.15, 0.2) is 17.3 Å². The van der Waals surface area contributed by atoms with Crippen molar-refractivity contribution >= 4 is 34.3 Å². The molecule has 0 unspecified atom stereocenters. The maximum absolute atomic E-state index is 13.3. The van der Waals surface area contributed by atoms with Gasteiger partial charge in [0.05, 0.1) is 17.9 Å². The summed E-state index contributed by atoms with van der Waals surface area (Å²) in [5.41, 5.74) is -0.348. The number of benzene rings is 1. The van der Waals surface area contributed by atoms with Crippen molar-refractivity contribution in [2.75, 3.05) is 5.32 Å². The third-order valence-electron chi connectivity index (χ3n) is 6.15. The molecule has 34 heavy (non-hydrogen) atoms. The average molecular weight is 472 g/mol. The van der Waals surface area contributed by atoms with E-state index in [4.69, 9.17) is 0 Å². The lowest BCUT2D eigenvalue weighted by molar-refractivity contribution is -0.141. The summed E-state index contributed by atoms with van der Waals surface area (Å²) in [6.07, 6.45) is -1.94. The van der Waals surface area contributed by atoms with Crippen LogP contribution in [0.25, 0.3) is 10.9 Å². The number of piperidine rings is 1. The van der Waals surface area contributed by atoms with Crippen LogP contribution in [0.15, 0.2) is 36.7 Å². The number of carbonyl (C=O) groups excluding carboxylic acids is 3. The van der Waals surface area contributed by atoms with Crippen LogP contribution in [0.5, 0.6) is 0 Å². The smallest absolute Gasteiger partial charge is 0.326 e. The minimum atomic E-state index is -4.70. The Morgan fingerprint density at radius 2 is 1.91 bits per heavy atom. The Hall–Kier alpha value is -3.83. The summed E-state index contributed by atoms with van der Waals surface area (Å²) in [7, 11) is 0. The van der Waals surface area contributed by atoms with Gasteiger partial charge in [-0.1, -0.05) is 18.2 Å². The first-order chi connectivity index (χ1) is 16.1. The summed E-state index contributed by atoms with van der Waals surface area (Å²) < 4.78 is 40.2. The van der Waals surface area contributed by atoms with Crippen molar-refractivity contribution < 1.29 is 27.6 Å². The van der Waals surface area contributed by atoms with Crippen LogP contribution in [-0.4, -0.2) is 54.3 Å². The zero-order valence-corrected chi connectivity index (χ0v) is 17.9. The molecule has 1 saturated carbocycles. The van der Waals surface area contributed by atoms with E-state index in [1.807, 2.05) is 0 Å². The Morgan fingerprint density at radius 1 is 1.15 bits per heavy atom. The predicted octanol–water partition coefficient (Wildman–Crippen LogP) is 2.68. The predicted molar refractivity (Wildman–Crippen MR) is 113 cm³/mol. The average Bonchev–Trinajstić information content (AvgIpc) is 3.29. The number of hydrogen-bond donors (Lipinski definition) is 1. The summed E-state index contributed by atoms with van der Waals surface area (Å²) in [4.78, 5) is 46.5. The Labute approximate surface area is 191 Å². The van der Waals surface area contributed by atoms with Gasteiger partial charge < -0.3 is 10.2 Å². The molecule has 2 aromatic heterocycles. The highest BCUT2D eigenvalue weighted by molar-refractivity contribution is 6.05. The first-order valence-electron chi connectivity index (χ1n) is 10.6. The number of nitrogens with one attached hydrogen (secondary N) is 1. The highest BCUT2D eigenvalue weighted by atomic mass is 19.4. The first kappa shape index (κ1) is 22.0. The number of anilines is 1. The summed E-state index contributed by atoms with van der Waals surface area (Å²) in [5.74, 6) is -1.38. The van der Waals surface area contributed by atoms with Crippen molar-refractivity contribution in [2.24, 2.45) is 5.92 Å². The third kappa shape index (κ3) is 3.88. The number of Topliss-reactive ketones (excluding diaryl/α,β-unsaturated/α-hetero) is 1. The minimum Gasteiger partial charge on any atom is -0.326 e. The van der Waals surface area contributed by atoms with Crippen LogP contribution < -0.4 is 5.32 Å². The van der Waals surface area contributed by atoms with E-state index in [0.29, 0.717) is 23.5 Å².